The molecule has 28 heavy (non-hydrogen) atoms. The van der Waals surface area contributed by atoms with Crippen molar-refractivity contribution in [2.24, 2.45) is 0 Å². The number of hydrogen-bond acceptors (Lipinski definition) is 3. The number of aryl methyl sites for hydroxylation is 1. The Hall–Kier alpha value is -2.07. The molecule has 0 atom stereocenters. The van der Waals surface area contributed by atoms with Crippen LogP contribution in [0.15, 0.2) is 30.5 Å². The minimum atomic E-state index is 0.358. The minimum absolute atomic E-state index is 0.358. The smallest absolute Gasteiger partial charge is 0.124 e. The monoisotopic (exact) mass is 382 g/mol. The van der Waals surface area contributed by atoms with Crippen LogP contribution in [0.3, 0.4) is 0 Å². The van der Waals surface area contributed by atoms with Gasteiger partial charge in [0.25, 0.3) is 0 Å². The number of aromatic nitrogens is 1. The van der Waals surface area contributed by atoms with E-state index in [0.717, 1.165) is 29.7 Å². The predicted molar refractivity (Wildman–Crippen MR) is 120 cm³/mol. The molecular formula is C24H36N3O+. The lowest BCUT2D eigenvalue weighted by atomic mass is 9.97. The van der Waals surface area contributed by atoms with Gasteiger partial charge < -0.3 is 14.5 Å². The SMILES string of the molecule is CC[N+](C)(CC)CCCCCCc1ccnc2c3c(ccc12)N(C)CC=C3O. The second kappa shape index (κ2) is 8.95. The Labute approximate surface area is 170 Å². The average molecular weight is 383 g/mol. The normalized spacial score (nSPS) is 14.3. The average Bonchev–Trinajstić information content (AvgIpc) is 2.72. The van der Waals surface area contributed by atoms with E-state index in [9.17, 15) is 5.11 Å². The summed E-state index contributed by atoms with van der Waals surface area (Å²) >= 11 is 0. The fourth-order valence-electron chi connectivity index (χ4n) is 4.18. The van der Waals surface area contributed by atoms with Crippen molar-refractivity contribution in [2.45, 2.75) is 46.0 Å². The molecule has 0 amide bonds. The van der Waals surface area contributed by atoms with E-state index >= 15 is 0 Å². The van der Waals surface area contributed by atoms with Gasteiger partial charge in [-0.3, -0.25) is 4.98 Å². The van der Waals surface area contributed by atoms with E-state index in [-0.39, 0.29) is 0 Å². The lowest BCUT2D eigenvalue weighted by molar-refractivity contribution is -0.906. The van der Waals surface area contributed by atoms with Crippen LogP contribution in [0.1, 0.15) is 50.7 Å². The second-order valence-corrected chi connectivity index (χ2v) is 8.44. The summed E-state index contributed by atoms with van der Waals surface area (Å²) in [5, 5.41) is 11.6. The molecule has 1 aliphatic rings. The van der Waals surface area contributed by atoms with Crippen molar-refractivity contribution in [3.8, 4) is 0 Å². The highest BCUT2D eigenvalue weighted by atomic mass is 16.3. The van der Waals surface area contributed by atoms with Crippen LogP contribution in [0, 0.1) is 0 Å². The number of pyridine rings is 1. The largest absolute Gasteiger partial charge is 0.507 e. The van der Waals surface area contributed by atoms with E-state index in [1.807, 2.05) is 12.3 Å². The van der Waals surface area contributed by atoms with E-state index < -0.39 is 0 Å². The molecule has 2 aromatic rings. The van der Waals surface area contributed by atoms with Gasteiger partial charge in [0.2, 0.25) is 0 Å². The maximum atomic E-state index is 10.4. The van der Waals surface area contributed by atoms with Gasteiger partial charge in [0.15, 0.2) is 0 Å². The molecule has 0 unspecified atom stereocenters. The van der Waals surface area contributed by atoms with E-state index in [1.165, 1.54) is 60.8 Å². The van der Waals surface area contributed by atoms with Crippen molar-refractivity contribution < 1.29 is 9.59 Å². The number of likely N-dealkylation sites (N-methyl/N-ethyl adjacent to an activating group) is 1. The van der Waals surface area contributed by atoms with Crippen LogP contribution >= 0.6 is 0 Å². The quantitative estimate of drug-likeness (QED) is 0.480. The van der Waals surface area contributed by atoms with E-state index in [1.54, 1.807) is 0 Å². The van der Waals surface area contributed by atoms with Gasteiger partial charge in [0, 0.05) is 30.9 Å². The van der Waals surface area contributed by atoms with Crippen LogP contribution in [-0.2, 0) is 6.42 Å². The summed E-state index contributed by atoms with van der Waals surface area (Å²) in [5.41, 5.74) is 4.21. The minimum Gasteiger partial charge on any atom is -0.507 e. The number of unbranched alkanes of at least 4 members (excludes halogenated alkanes) is 3. The topological polar surface area (TPSA) is 36.4 Å². The maximum Gasteiger partial charge on any atom is 0.124 e. The lowest BCUT2D eigenvalue weighted by Crippen LogP contribution is -2.44. The van der Waals surface area contributed by atoms with Gasteiger partial charge in [0.05, 0.1) is 37.8 Å². The third-order valence-electron chi connectivity index (χ3n) is 6.63. The van der Waals surface area contributed by atoms with Gasteiger partial charge in [-0.05, 0) is 63.3 Å². The van der Waals surface area contributed by atoms with E-state index in [2.05, 4.69) is 56.0 Å². The number of aliphatic hydroxyl groups is 1. The molecule has 1 aromatic carbocycles. The Morgan fingerprint density at radius 3 is 2.57 bits per heavy atom. The molecule has 3 rings (SSSR count). The molecule has 2 heterocycles. The number of benzene rings is 1. The van der Waals surface area contributed by atoms with Gasteiger partial charge >= 0.3 is 0 Å². The molecule has 152 valence electrons. The van der Waals surface area contributed by atoms with Gasteiger partial charge in [-0.25, -0.2) is 0 Å². The zero-order chi connectivity index (χ0) is 20.1. The summed E-state index contributed by atoms with van der Waals surface area (Å²) in [4.78, 5) is 6.77. The number of fused-ring (bicyclic) bond motifs is 3. The number of rotatable bonds is 9. The maximum absolute atomic E-state index is 10.4. The zero-order valence-corrected chi connectivity index (χ0v) is 18.0. The third-order valence-corrected chi connectivity index (χ3v) is 6.63. The number of aliphatic hydroxyl groups excluding tert-OH is 1. The fraction of sp³-hybridized carbons (Fsp3) is 0.542. The molecule has 0 fully saturated rings. The standard InChI is InChI=1S/C24H35N3O/c1-5-27(4,6-2)18-10-8-7-9-11-19-14-16-25-24-20(19)12-13-21-23(24)22(28)15-17-26(21)3/h12-16H,5-11,17-18H2,1-4H3/p+1. The first-order valence-corrected chi connectivity index (χ1v) is 10.8. The van der Waals surface area contributed by atoms with Gasteiger partial charge in [-0.1, -0.05) is 12.5 Å². The third kappa shape index (κ3) is 4.33. The molecular weight excluding hydrogens is 346 g/mol. The lowest BCUT2D eigenvalue weighted by Gasteiger charge is -2.32. The first kappa shape index (κ1) is 20.7. The summed E-state index contributed by atoms with van der Waals surface area (Å²) in [6, 6.07) is 6.45. The molecule has 0 saturated carbocycles. The van der Waals surface area contributed by atoms with Crippen LogP contribution in [0.2, 0.25) is 0 Å². The molecule has 4 heteroatoms. The van der Waals surface area contributed by atoms with Crippen LogP contribution in [-0.4, -0.2) is 54.8 Å². The molecule has 0 aliphatic carbocycles. The highest BCUT2D eigenvalue weighted by Gasteiger charge is 2.20. The molecule has 4 nitrogen and oxygen atoms in total. The van der Waals surface area contributed by atoms with Crippen molar-refractivity contribution in [1.29, 1.82) is 0 Å². The summed E-state index contributed by atoms with van der Waals surface area (Å²) in [7, 11) is 4.42. The van der Waals surface area contributed by atoms with Crippen molar-refractivity contribution in [3.05, 3.63) is 41.6 Å². The molecule has 0 spiro atoms. The Kier molecular flexibility index (Phi) is 6.61. The number of hydrogen-bond donors (Lipinski definition) is 1. The molecule has 0 radical (unpaired) electrons. The van der Waals surface area contributed by atoms with Crippen LogP contribution in [0.4, 0.5) is 5.69 Å². The number of anilines is 1. The van der Waals surface area contributed by atoms with Gasteiger partial charge in [-0.15, -0.1) is 0 Å². The molecule has 1 aromatic heterocycles. The Balaban J connectivity index is 1.64. The summed E-state index contributed by atoms with van der Waals surface area (Å²) in [5.74, 6) is 0.358. The van der Waals surface area contributed by atoms with Crippen LogP contribution in [0.25, 0.3) is 16.7 Å². The molecule has 1 N–H and O–H groups in total. The van der Waals surface area contributed by atoms with Gasteiger partial charge in [0.1, 0.15) is 5.76 Å². The highest BCUT2D eigenvalue weighted by molar-refractivity contribution is 5.97. The summed E-state index contributed by atoms with van der Waals surface area (Å²) in [6.07, 6.45) is 9.94. The van der Waals surface area contributed by atoms with Crippen molar-refractivity contribution in [3.63, 3.8) is 0 Å². The van der Waals surface area contributed by atoms with Gasteiger partial charge in [-0.2, -0.15) is 0 Å². The Morgan fingerprint density at radius 1 is 1.07 bits per heavy atom. The van der Waals surface area contributed by atoms with E-state index in [0.29, 0.717) is 5.76 Å². The van der Waals surface area contributed by atoms with Crippen molar-refractivity contribution in [1.82, 2.24) is 4.98 Å². The second-order valence-electron chi connectivity index (χ2n) is 8.44. The summed E-state index contributed by atoms with van der Waals surface area (Å²) in [6.45, 7) is 9.05. The predicted octanol–water partition coefficient (Wildman–Crippen LogP) is 5.17. The molecule has 0 bridgehead atoms. The van der Waals surface area contributed by atoms with Crippen molar-refractivity contribution >= 4 is 22.3 Å². The molecule has 1 aliphatic heterocycles. The summed E-state index contributed by atoms with van der Waals surface area (Å²) < 4.78 is 1.19. The van der Waals surface area contributed by atoms with Crippen LogP contribution in [0.5, 0.6) is 0 Å². The Morgan fingerprint density at radius 2 is 1.82 bits per heavy atom. The molecule has 0 saturated heterocycles. The number of quaternary nitrogens is 1. The van der Waals surface area contributed by atoms with Crippen LogP contribution < -0.4 is 4.90 Å². The van der Waals surface area contributed by atoms with Crippen molar-refractivity contribution in [2.75, 3.05) is 45.2 Å². The fourth-order valence-corrected chi connectivity index (χ4v) is 4.18. The first-order valence-electron chi connectivity index (χ1n) is 10.8. The number of nitrogens with zero attached hydrogens (tertiary/aromatic N) is 3. The van der Waals surface area contributed by atoms with E-state index in [4.69, 9.17) is 0 Å². The highest BCUT2D eigenvalue weighted by Crippen LogP contribution is 2.35. The first-order chi connectivity index (χ1) is 13.5. The zero-order valence-electron chi connectivity index (χ0n) is 18.0. The Bertz CT molecular complexity index is 839.